The smallest absolute Gasteiger partial charge is 0.0918 e. The zero-order valence-corrected chi connectivity index (χ0v) is 11.3. The molecule has 1 fully saturated rings. The molecule has 0 spiro atoms. The van der Waals surface area contributed by atoms with E-state index in [2.05, 4.69) is 31.9 Å². The maximum absolute atomic E-state index is 7.29. The number of nitrogens with zero attached hydrogens (tertiary/aromatic N) is 2. The lowest BCUT2D eigenvalue weighted by molar-refractivity contribution is 0.262. The van der Waals surface area contributed by atoms with E-state index in [-0.39, 0.29) is 5.84 Å². The van der Waals surface area contributed by atoms with E-state index in [1.54, 1.807) is 6.20 Å². The van der Waals surface area contributed by atoms with Crippen molar-refractivity contribution in [3.8, 4) is 0 Å². The molecule has 0 unspecified atom stereocenters. The number of halogens is 1. The van der Waals surface area contributed by atoms with E-state index in [1.165, 1.54) is 18.4 Å². The van der Waals surface area contributed by atoms with Crippen LogP contribution in [0.2, 0.25) is 0 Å². The highest BCUT2D eigenvalue weighted by atomic mass is 79.9. The molecule has 0 atom stereocenters. The second kappa shape index (κ2) is 5.60. The van der Waals surface area contributed by atoms with Crippen LogP contribution in [-0.2, 0) is 6.54 Å². The summed E-state index contributed by atoms with van der Waals surface area (Å²) in [5.41, 5.74) is 6.62. The molecular weight excluding hydrogens is 280 g/mol. The highest BCUT2D eigenvalue weighted by molar-refractivity contribution is 9.10. The molecule has 1 saturated carbocycles. The summed E-state index contributed by atoms with van der Waals surface area (Å²) >= 11 is 3.43. The summed E-state index contributed by atoms with van der Waals surface area (Å²) in [6.07, 6.45) is 6.87. The first-order valence-corrected chi connectivity index (χ1v) is 6.61. The molecule has 4 nitrogen and oxygen atoms in total. The first-order chi connectivity index (χ1) is 8.15. The second-order valence-corrected chi connectivity index (χ2v) is 5.40. The average Bonchev–Trinajstić information content (AvgIpc) is 3.07. The van der Waals surface area contributed by atoms with Gasteiger partial charge in [0.05, 0.1) is 5.84 Å². The first kappa shape index (κ1) is 12.5. The minimum Gasteiger partial charge on any atom is -0.388 e. The zero-order chi connectivity index (χ0) is 12.3. The van der Waals surface area contributed by atoms with Crippen molar-refractivity contribution in [2.24, 2.45) is 5.73 Å². The Morgan fingerprint density at radius 2 is 2.29 bits per heavy atom. The van der Waals surface area contributed by atoms with Gasteiger partial charge in [-0.3, -0.25) is 15.3 Å². The molecule has 0 aromatic carbocycles. The normalized spacial score (nSPS) is 15.2. The molecule has 0 aliphatic heterocycles. The van der Waals surface area contributed by atoms with Crippen LogP contribution >= 0.6 is 15.9 Å². The summed E-state index contributed by atoms with van der Waals surface area (Å²) in [6, 6.07) is 2.77. The lowest BCUT2D eigenvalue weighted by atomic mass is 10.2. The Bertz CT molecular complexity index is 403. The van der Waals surface area contributed by atoms with E-state index in [0.717, 1.165) is 17.6 Å². The molecule has 1 aliphatic carbocycles. The predicted octanol–water partition coefficient (Wildman–Crippen LogP) is 2.13. The molecule has 0 amide bonds. The van der Waals surface area contributed by atoms with Gasteiger partial charge in [-0.25, -0.2) is 0 Å². The molecule has 0 saturated heterocycles. The second-order valence-electron chi connectivity index (χ2n) is 4.49. The zero-order valence-electron chi connectivity index (χ0n) is 9.69. The molecule has 5 heteroatoms. The van der Waals surface area contributed by atoms with Crippen molar-refractivity contribution in [3.05, 3.63) is 28.5 Å². The average molecular weight is 297 g/mol. The van der Waals surface area contributed by atoms with Crippen molar-refractivity contribution in [2.75, 3.05) is 6.54 Å². The molecule has 1 aliphatic rings. The van der Waals surface area contributed by atoms with E-state index in [0.29, 0.717) is 12.5 Å². The Balaban J connectivity index is 1.95. The fourth-order valence-corrected chi connectivity index (χ4v) is 2.28. The van der Waals surface area contributed by atoms with Crippen LogP contribution in [0, 0.1) is 5.41 Å². The number of nitrogens with one attached hydrogen (secondary N) is 1. The maximum Gasteiger partial charge on any atom is 0.0918 e. The Hall–Kier alpha value is -0.940. The van der Waals surface area contributed by atoms with Crippen LogP contribution in [0.5, 0.6) is 0 Å². The summed E-state index contributed by atoms with van der Waals surface area (Å²) in [5, 5.41) is 7.29. The Labute approximate surface area is 110 Å². The summed E-state index contributed by atoms with van der Waals surface area (Å²) in [4.78, 5) is 6.57. The standard InChI is InChI=1S/C12H17BrN4/c13-10-5-9(6-16-7-10)8-17(11-1-2-11)4-3-12(14)15/h5-7,11H,1-4,8H2,(H3,14,15). The monoisotopic (exact) mass is 296 g/mol. The van der Waals surface area contributed by atoms with Gasteiger partial charge in [0.2, 0.25) is 0 Å². The molecule has 3 N–H and O–H groups in total. The van der Waals surface area contributed by atoms with Crippen LogP contribution in [0.15, 0.2) is 22.9 Å². The number of aromatic nitrogens is 1. The lowest BCUT2D eigenvalue weighted by Crippen LogP contribution is -2.29. The van der Waals surface area contributed by atoms with Gasteiger partial charge in [0.25, 0.3) is 0 Å². The van der Waals surface area contributed by atoms with E-state index in [1.807, 2.05) is 6.20 Å². The summed E-state index contributed by atoms with van der Waals surface area (Å²) in [5.74, 6) is 0.267. The van der Waals surface area contributed by atoms with Crippen LogP contribution < -0.4 is 5.73 Å². The summed E-state index contributed by atoms with van der Waals surface area (Å²) in [6.45, 7) is 1.76. The molecule has 1 aromatic heterocycles. The predicted molar refractivity (Wildman–Crippen MR) is 71.9 cm³/mol. The highest BCUT2D eigenvalue weighted by Crippen LogP contribution is 2.28. The third kappa shape index (κ3) is 4.09. The van der Waals surface area contributed by atoms with Crippen molar-refractivity contribution in [1.29, 1.82) is 5.41 Å². The Kier molecular flexibility index (Phi) is 4.12. The van der Waals surface area contributed by atoms with Gasteiger partial charge in [0.1, 0.15) is 0 Å². The fraction of sp³-hybridized carbons (Fsp3) is 0.500. The Morgan fingerprint density at radius 3 is 2.88 bits per heavy atom. The molecular formula is C12H17BrN4. The van der Waals surface area contributed by atoms with E-state index in [9.17, 15) is 0 Å². The molecule has 2 rings (SSSR count). The minimum atomic E-state index is 0.267. The van der Waals surface area contributed by atoms with Gasteiger partial charge in [-0.1, -0.05) is 0 Å². The van der Waals surface area contributed by atoms with E-state index in [4.69, 9.17) is 11.1 Å². The number of rotatable bonds is 6. The van der Waals surface area contributed by atoms with E-state index >= 15 is 0 Å². The quantitative estimate of drug-likeness (QED) is 0.624. The van der Waals surface area contributed by atoms with Crippen LogP contribution in [0.1, 0.15) is 24.8 Å². The number of hydrogen-bond acceptors (Lipinski definition) is 3. The van der Waals surface area contributed by atoms with Crippen molar-refractivity contribution >= 4 is 21.8 Å². The Morgan fingerprint density at radius 1 is 1.53 bits per heavy atom. The van der Waals surface area contributed by atoms with Crippen molar-refractivity contribution in [1.82, 2.24) is 9.88 Å². The SMILES string of the molecule is N=C(N)CCN(Cc1cncc(Br)c1)C1CC1. The third-order valence-corrected chi connectivity index (χ3v) is 3.31. The number of nitrogens with two attached hydrogens (primary N) is 1. The highest BCUT2D eigenvalue weighted by Gasteiger charge is 2.28. The molecule has 1 aromatic rings. The summed E-state index contributed by atoms with van der Waals surface area (Å²) < 4.78 is 1.01. The molecule has 1 heterocycles. The largest absolute Gasteiger partial charge is 0.388 e. The van der Waals surface area contributed by atoms with Gasteiger partial charge in [0.15, 0.2) is 0 Å². The van der Waals surface area contributed by atoms with Crippen LogP contribution in [0.25, 0.3) is 0 Å². The lowest BCUT2D eigenvalue weighted by Gasteiger charge is -2.21. The van der Waals surface area contributed by atoms with Crippen molar-refractivity contribution < 1.29 is 0 Å². The molecule has 0 bridgehead atoms. The summed E-state index contributed by atoms with van der Waals surface area (Å²) in [7, 11) is 0. The maximum atomic E-state index is 7.29. The van der Waals surface area contributed by atoms with Crippen molar-refractivity contribution in [2.45, 2.75) is 31.8 Å². The molecule has 0 radical (unpaired) electrons. The number of hydrogen-bond donors (Lipinski definition) is 2. The number of pyridine rings is 1. The van der Waals surface area contributed by atoms with Crippen LogP contribution in [-0.4, -0.2) is 28.3 Å². The first-order valence-electron chi connectivity index (χ1n) is 5.81. The van der Waals surface area contributed by atoms with Gasteiger partial charge in [-0.2, -0.15) is 0 Å². The van der Waals surface area contributed by atoms with Gasteiger partial charge < -0.3 is 5.73 Å². The van der Waals surface area contributed by atoms with Crippen LogP contribution in [0.3, 0.4) is 0 Å². The van der Waals surface area contributed by atoms with Gasteiger partial charge in [-0.05, 0) is 40.4 Å². The van der Waals surface area contributed by atoms with Gasteiger partial charge in [-0.15, -0.1) is 0 Å². The number of amidine groups is 1. The fourth-order valence-electron chi connectivity index (χ4n) is 1.87. The van der Waals surface area contributed by atoms with Crippen LogP contribution in [0.4, 0.5) is 0 Å². The van der Waals surface area contributed by atoms with Gasteiger partial charge >= 0.3 is 0 Å². The molecule has 92 valence electrons. The molecule has 17 heavy (non-hydrogen) atoms. The van der Waals surface area contributed by atoms with Gasteiger partial charge in [0, 0.05) is 42.4 Å². The minimum absolute atomic E-state index is 0.267. The van der Waals surface area contributed by atoms with Crippen molar-refractivity contribution in [3.63, 3.8) is 0 Å². The third-order valence-electron chi connectivity index (χ3n) is 2.88. The topological polar surface area (TPSA) is 66.0 Å². The van der Waals surface area contributed by atoms with E-state index < -0.39 is 0 Å².